The second-order valence-electron chi connectivity index (χ2n) is 6.42. The van der Waals surface area contributed by atoms with Crippen LogP contribution in [0, 0.1) is 0 Å². The number of benzene rings is 2. The van der Waals surface area contributed by atoms with Crippen LogP contribution < -0.4 is 19.5 Å². The first-order valence-electron chi connectivity index (χ1n) is 8.79. The number of hydrogen-bond donors (Lipinski definition) is 2. The Morgan fingerprint density at radius 1 is 1.07 bits per heavy atom. The molecule has 2 aromatic carbocycles. The fourth-order valence-electron chi connectivity index (χ4n) is 2.86. The minimum absolute atomic E-state index is 0.197. The summed E-state index contributed by atoms with van der Waals surface area (Å²) in [7, 11) is -3.62. The van der Waals surface area contributed by atoms with E-state index in [9.17, 15) is 13.2 Å². The monoisotopic (exact) mass is 430 g/mol. The van der Waals surface area contributed by atoms with Gasteiger partial charge in [-0.1, -0.05) is 12.1 Å². The maximum atomic E-state index is 12.5. The molecule has 29 heavy (non-hydrogen) atoms. The van der Waals surface area contributed by atoms with E-state index in [0.29, 0.717) is 22.7 Å². The van der Waals surface area contributed by atoms with Crippen molar-refractivity contribution in [3.8, 4) is 11.5 Å². The van der Waals surface area contributed by atoms with Crippen molar-refractivity contribution in [3.05, 3.63) is 71.1 Å². The molecule has 7 nitrogen and oxygen atoms in total. The maximum Gasteiger partial charge on any atom is 0.271 e. The van der Waals surface area contributed by atoms with Crippen LogP contribution in [-0.2, 0) is 10.0 Å². The van der Waals surface area contributed by atoms with Crippen LogP contribution in [0.1, 0.15) is 28.9 Å². The molecule has 0 fully saturated rings. The lowest BCUT2D eigenvalue weighted by molar-refractivity contribution is 0.0940. The molecule has 1 amide bonds. The smallest absolute Gasteiger partial charge is 0.271 e. The molecule has 150 valence electrons. The highest BCUT2D eigenvalue weighted by Gasteiger charge is 2.18. The fourth-order valence-corrected chi connectivity index (χ4v) is 4.91. The van der Waals surface area contributed by atoms with Crippen molar-refractivity contribution in [1.29, 1.82) is 0 Å². The maximum absolute atomic E-state index is 12.5. The number of rotatable bonds is 6. The van der Waals surface area contributed by atoms with Crippen LogP contribution >= 0.6 is 11.3 Å². The third-order valence-electron chi connectivity index (χ3n) is 4.40. The molecule has 0 bridgehead atoms. The molecule has 2 N–H and O–H groups in total. The summed E-state index contributed by atoms with van der Waals surface area (Å²) in [5, 5.41) is 4.62. The summed E-state index contributed by atoms with van der Waals surface area (Å²) in [6.07, 6.45) is 0. The first-order valence-corrected chi connectivity index (χ1v) is 11.2. The molecule has 3 aromatic rings. The average Bonchev–Trinajstić information content (AvgIpc) is 3.39. The Morgan fingerprint density at radius 3 is 2.55 bits per heavy atom. The Labute approximate surface area is 172 Å². The summed E-state index contributed by atoms with van der Waals surface area (Å²) in [6, 6.07) is 14.8. The summed E-state index contributed by atoms with van der Waals surface area (Å²) >= 11 is 1.14. The third-order valence-corrected chi connectivity index (χ3v) is 7.18. The van der Waals surface area contributed by atoms with Crippen molar-refractivity contribution in [2.75, 3.05) is 11.5 Å². The molecule has 0 radical (unpaired) electrons. The van der Waals surface area contributed by atoms with E-state index >= 15 is 0 Å². The largest absolute Gasteiger partial charge is 0.454 e. The Bertz CT molecular complexity index is 1130. The zero-order valence-electron chi connectivity index (χ0n) is 15.4. The molecular formula is C20H18N2O5S2. The summed E-state index contributed by atoms with van der Waals surface area (Å²) in [4.78, 5) is 12.5. The number of nitrogens with one attached hydrogen (secondary N) is 2. The van der Waals surface area contributed by atoms with Gasteiger partial charge < -0.3 is 14.8 Å². The van der Waals surface area contributed by atoms with Crippen LogP contribution in [0.15, 0.2) is 64.2 Å². The van der Waals surface area contributed by atoms with Crippen LogP contribution in [0.3, 0.4) is 0 Å². The number of fused-ring (bicyclic) bond motifs is 1. The van der Waals surface area contributed by atoms with Crippen molar-refractivity contribution in [2.24, 2.45) is 0 Å². The molecule has 9 heteroatoms. The van der Waals surface area contributed by atoms with Gasteiger partial charge in [-0.05, 0) is 60.3 Å². The highest BCUT2D eigenvalue weighted by atomic mass is 32.2. The van der Waals surface area contributed by atoms with E-state index in [1.54, 1.807) is 35.7 Å². The number of ether oxygens (including phenoxy) is 2. The Morgan fingerprint density at radius 2 is 1.83 bits per heavy atom. The van der Waals surface area contributed by atoms with Crippen LogP contribution in [0.25, 0.3) is 0 Å². The normalized spacial score (nSPS) is 13.7. The lowest BCUT2D eigenvalue weighted by atomic mass is 10.1. The van der Waals surface area contributed by atoms with Gasteiger partial charge in [0.25, 0.3) is 15.9 Å². The minimum atomic E-state index is -3.62. The fraction of sp³-hybridized carbons (Fsp3) is 0.150. The molecule has 4 rings (SSSR count). The molecular weight excluding hydrogens is 412 g/mol. The number of sulfonamides is 1. The third kappa shape index (κ3) is 4.20. The van der Waals surface area contributed by atoms with E-state index in [4.69, 9.17) is 9.47 Å². The zero-order valence-corrected chi connectivity index (χ0v) is 17.0. The van der Waals surface area contributed by atoms with E-state index in [2.05, 4.69) is 10.0 Å². The van der Waals surface area contributed by atoms with Gasteiger partial charge in [-0.25, -0.2) is 8.42 Å². The standard InChI is InChI=1S/C20H18N2O5S2/c1-13(15-6-9-17-18(11-15)27-12-26-17)21-20(23)14-4-7-16(8-5-14)22-29(24,25)19-3-2-10-28-19/h2-11,13,22H,12H2,1H3,(H,21,23). The van der Waals surface area contributed by atoms with Gasteiger partial charge >= 0.3 is 0 Å². The lowest BCUT2D eigenvalue weighted by Gasteiger charge is -2.15. The lowest BCUT2D eigenvalue weighted by Crippen LogP contribution is -2.26. The van der Waals surface area contributed by atoms with Crippen molar-refractivity contribution in [3.63, 3.8) is 0 Å². The van der Waals surface area contributed by atoms with Gasteiger partial charge in [-0.2, -0.15) is 0 Å². The van der Waals surface area contributed by atoms with Gasteiger partial charge in [-0.3, -0.25) is 9.52 Å². The van der Waals surface area contributed by atoms with E-state index in [-0.39, 0.29) is 23.0 Å². The Hall–Kier alpha value is -3.04. The number of carbonyl (C=O) groups excluding carboxylic acids is 1. The average molecular weight is 431 g/mol. The summed E-state index contributed by atoms with van der Waals surface area (Å²) < 4.78 is 37.9. The highest BCUT2D eigenvalue weighted by molar-refractivity contribution is 7.94. The van der Waals surface area contributed by atoms with Gasteiger partial charge in [0.1, 0.15) is 4.21 Å². The molecule has 0 spiro atoms. The van der Waals surface area contributed by atoms with E-state index < -0.39 is 10.0 Å². The van der Waals surface area contributed by atoms with Gasteiger partial charge in [-0.15, -0.1) is 11.3 Å². The predicted molar refractivity (Wildman–Crippen MR) is 110 cm³/mol. The molecule has 1 aliphatic rings. The first kappa shape index (κ1) is 19.3. The molecule has 2 heterocycles. The second kappa shape index (κ2) is 7.76. The number of carbonyl (C=O) groups is 1. The van der Waals surface area contributed by atoms with Crippen LogP contribution in [0.5, 0.6) is 11.5 Å². The number of thiophene rings is 1. The Kier molecular flexibility index (Phi) is 5.16. The molecule has 0 saturated heterocycles. The van der Waals surface area contributed by atoms with Crippen LogP contribution in [-0.4, -0.2) is 21.1 Å². The van der Waals surface area contributed by atoms with Gasteiger partial charge in [0.15, 0.2) is 11.5 Å². The van der Waals surface area contributed by atoms with Crippen molar-refractivity contribution < 1.29 is 22.7 Å². The molecule has 1 aliphatic heterocycles. The van der Waals surface area contributed by atoms with E-state index in [1.165, 1.54) is 6.07 Å². The summed E-state index contributed by atoms with van der Waals surface area (Å²) in [5.41, 5.74) is 1.71. The minimum Gasteiger partial charge on any atom is -0.454 e. The SMILES string of the molecule is CC(NC(=O)c1ccc(NS(=O)(=O)c2cccs2)cc1)c1ccc2c(c1)OCO2. The molecule has 1 unspecified atom stereocenters. The van der Waals surface area contributed by atoms with Crippen LogP contribution in [0.4, 0.5) is 5.69 Å². The van der Waals surface area contributed by atoms with E-state index in [1.807, 2.05) is 25.1 Å². The topological polar surface area (TPSA) is 93.7 Å². The molecule has 1 atom stereocenters. The van der Waals surface area contributed by atoms with Gasteiger partial charge in [0.05, 0.1) is 6.04 Å². The van der Waals surface area contributed by atoms with Crippen molar-refractivity contribution >= 4 is 33.0 Å². The Balaban J connectivity index is 1.41. The molecule has 1 aromatic heterocycles. The zero-order chi connectivity index (χ0) is 20.4. The highest BCUT2D eigenvalue weighted by Crippen LogP contribution is 2.34. The summed E-state index contributed by atoms with van der Waals surface area (Å²) in [5.74, 6) is 1.08. The van der Waals surface area contributed by atoms with Crippen molar-refractivity contribution in [1.82, 2.24) is 5.32 Å². The second-order valence-corrected chi connectivity index (χ2v) is 9.28. The number of hydrogen-bond acceptors (Lipinski definition) is 6. The summed E-state index contributed by atoms with van der Waals surface area (Å²) in [6.45, 7) is 2.07. The van der Waals surface area contributed by atoms with Crippen molar-refractivity contribution in [2.45, 2.75) is 17.2 Å². The van der Waals surface area contributed by atoms with Gasteiger partial charge in [0, 0.05) is 11.3 Å². The predicted octanol–water partition coefficient (Wildman–Crippen LogP) is 3.77. The quantitative estimate of drug-likeness (QED) is 0.621. The molecule has 0 saturated carbocycles. The van der Waals surface area contributed by atoms with Gasteiger partial charge in [0.2, 0.25) is 6.79 Å². The first-order chi connectivity index (χ1) is 13.9. The van der Waals surface area contributed by atoms with E-state index in [0.717, 1.165) is 16.9 Å². The number of amides is 1. The number of anilines is 1. The molecule has 0 aliphatic carbocycles. The van der Waals surface area contributed by atoms with Crippen LogP contribution in [0.2, 0.25) is 0 Å².